The molecular weight excluding hydrogens is 454 g/mol. The van der Waals surface area contributed by atoms with E-state index in [-0.39, 0.29) is 11.5 Å². The molecule has 0 radical (unpaired) electrons. The van der Waals surface area contributed by atoms with Gasteiger partial charge in [0.05, 0.1) is 12.7 Å². The fraction of sp³-hybridized carbons (Fsp3) is 0.706. The molecule has 0 bridgehead atoms. The zero-order valence-electron chi connectivity index (χ0n) is 23.7. The van der Waals surface area contributed by atoms with Crippen LogP contribution in [0.4, 0.5) is 0 Å². The van der Waals surface area contributed by atoms with Gasteiger partial charge in [0.15, 0.2) is 0 Å². The Labute approximate surface area is 225 Å². The second-order valence-electron chi connectivity index (χ2n) is 13.7. The van der Waals surface area contributed by atoms with Gasteiger partial charge in [-0.15, -0.1) is 0 Å². The van der Waals surface area contributed by atoms with E-state index in [2.05, 4.69) is 51.1 Å². The van der Waals surface area contributed by atoms with Crippen LogP contribution >= 0.6 is 0 Å². The van der Waals surface area contributed by atoms with Crippen LogP contribution in [0, 0.1) is 28.6 Å². The molecule has 3 N–H and O–H groups in total. The molecule has 1 aliphatic heterocycles. The maximum absolute atomic E-state index is 11.2. The van der Waals surface area contributed by atoms with Crippen molar-refractivity contribution in [2.75, 3.05) is 19.8 Å². The standard InChI is InChI=1S/C34H51NO2/c1-33(2)19-6-4-5-9-27-26(18-21-37-23-33)14-15-28-30-16-17-31(36)34(30,3)22-29(32(27)28)25-12-10-24(11-13-25)8-7-20-35/h7-8,10-13,26,28-31,36H,4-6,9,14-23,35H2,1-3H3/b8-7+. The van der Waals surface area contributed by atoms with Crippen molar-refractivity contribution in [3.8, 4) is 0 Å². The molecule has 1 heterocycles. The highest BCUT2D eigenvalue weighted by molar-refractivity contribution is 5.51. The van der Waals surface area contributed by atoms with Gasteiger partial charge in [0.25, 0.3) is 0 Å². The molecule has 1 saturated heterocycles. The molecule has 5 rings (SSSR count). The van der Waals surface area contributed by atoms with E-state index in [0.29, 0.717) is 35.6 Å². The number of fused-ring (bicyclic) bond motifs is 4. The second-order valence-corrected chi connectivity index (χ2v) is 13.7. The Morgan fingerprint density at radius 1 is 1.00 bits per heavy atom. The summed E-state index contributed by atoms with van der Waals surface area (Å²) in [4.78, 5) is 0. The molecule has 1 aromatic carbocycles. The number of aliphatic hydroxyl groups is 1. The third-order valence-electron chi connectivity index (χ3n) is 10.6. The van der Waals surface area contributed by atoms with E-state index >= 15 is 0 Å². The lowest BCUT2D eigenvalue weighted by Gasteiger charge is -2.52. The first-order valence-electron chi connectivity index (χ1n) is 15.3. The summed E-state index contributed by atoms with van der Waals surface area (Å²) < 4.78 is 6.29. The van der Waals surface area contributed by atoms with Crippen LogP contribution in [0.1, 0.15) is 108 Å². The van der Waals surface area contributed by atoms with Crippen molar-refractivity contribution in [3.63, 3.8) is 0 Å². The molecule has 3 heteroatoms. The highest BCUT2D eigenvalue weighted by Gasteiger charge is 2.56. The molecule has 0 amide bonds. The van der Waals surface area contributed by atoms with Crippen molar-refractivity contribution in [1.29, 1.82) is 0 Å². The van der Waals surface area contributed by atoms with Gasteiger partial charge in [0.1, 0.15) is 0 Å². The molecule has 3 nitrogen and oxygen atoms in total. The van der Waals surface area contributed by atoms with Gasteiger partial charge in [-0.1, -0.05) is 81.2 Å². The molecule has 204 valence electrons. The summed E-state index contributed by atoms with van der Waals surface area (Å²) in [5, 5.41) is 11.2. The van der Waals surface area contributed by atoms with Crippen molar-refractivity contribution in [2.24, 2.45) is 34.3 Å². The molecular formula is C34H51NO2. The Hall–Kier alpha value is -1.42. The van der Waals surface area contributed by atoms with Crippen LogP contribution < -0.4 is 5.73 Å². The predicted octanol–water partition coefficient (Wildman–Crippen LogP) is 7.64. The Kier molecular flexibility index (Phi) is 8.34. The predicted molar refractivity (Wildman–Crippen MR) is 154 cm³/mol. The number of nitrogens with two attached hydrogens (primary N) is 1. The number of ether oxygens (including phenoxy) is 1. The highest BCUT2D eigenvalue weighted by atomic mass is 16.5. The minimum atomic E-state index is -0.163. The molecule has 3 aliphatic carbocycles. The summed E-state index contributed by atoms with van der Waals surface area (Å²) in [6.07, 6.45) is 17.5. The lowest BCUT2D eigenvalue weighted by Crippen LogP contribution is -2.45. The van der Waals surface area contributed by atoms with Crippen molar-refractivity contribution in [1.82, 2.24) is 0 Å². The molecule has 37 heavy (non-hydrogen) atoms. The molecule has 4 aliphatic rings. The molecule has 3 fully saturated rings. The number of aliphatic hydroxyl groups excluding tert-OH is 1. The van der Waals surface area contributed by atoms with Gasteiger partial charge in [-0.25, -0.2) is 0 Å². The quantitative estimate of drug-likeness (QED) is 0.415. The Bertz CT molecular complexity index is 976. The molecule has 2 saturated carbocycles. The van der Waals surface area contributed by atoms with E-state index in [1.165, 1.54) is 68.9 Å². The fourth-order valence-corrected chi connectivity index (χ4v) is 8.58. The SMILES string of the molecule is CC1(C)CCCCCC2=C3C(c4ccc(/C=C/CN)cc4)CC4(C)C(O)CCC4C3CCC2CCOC1. The van der Waals surface area contributed by atoms with Crippen LogP contribution in [0.25, 0.3) is 6.08 Å². The van der Waals surface area contributed by atoms with E-state index in [0.717, 1.165) is 26.1 Å². The average Bonchev–Trinajstić information content (AvgIpc) is 3.18. The monoisotopic (exact) mass is 505 g/mol. The first kappa shape index (κ1) is 27.2. The second kappa shape index (κ2) is 11.4. The third kappa shape index (κ3) is 5.65. The number of hydrogen-bond donors (Lipinski definition) is 2. The summed E-state index contributed by atoms with van der Waals surface area (Å²) >= 11 is 0. The number of rotatable bonds is 3. The van der Waals surface area contributed by atoms with E-state index in [9.17, 15) is 5.11 Å². The summed E-state index contributed by atoms with van der Waals surface area (Å²) in [5.74, 6) is 2.36. The first-order chi connectivity index (χ1) is 17.8. The van der Waals surface area contributed by atoms with Crippen molar-refractivity contribution in [3.05, 3.63) is 52.6 Å². The zero-order valence-corrected chi connectivity index (χ0v) is 23.7. The van der Waals surface area contributed by atoms with Gasteiger partial charge in [0, 0.05) is 19.1 Å². The Morgan fingerprint density at radius 2 is 1.81 bits per heavy atom. The topological polar surface area (TPSA) is 55.5 Å². The smallest absolute Gasteiger partial charge is 0.0597 e. The van der Waals surface area contributed by atoms with Gasteiger partial charge in [0.2, 0.25) is 0 Å². The average molecular weight is 506 g/mol. The summed E-state index contributed by atoms with van der Waals surface area (Å²) in [7, 11) is 0. The number of allylic oxidation sites excluding steroid dienone is 2. The lowest BCUT2D eigenvalue weighted by atomic mass is 9.52. The van der Waals surface area contributed by atoms with Gasteiger partial charge < -0.3 is 15.6 Å². The summed E-state index contributed by atoms with van der Waals surface area (Å²) in [5.41, 5.74) is 12.3. The molecule has 6 unspecified atom stereocenters. The first-order valence-corrected chi connectivity index (χ1v) is 15.3. The van der Waals surface area contributed by atoms with Crippen LogP contribution in [-0.2, 0) is 4.74 Å². The summed E-state index contributed by atoms with van der Waals surface area (Å²) in [6, 6.07) is 9.25. The van der Waals surface area contributed by atoms with E-state index in [1.54, 1.807) is 11.1 Å². The number of hydrogen-bond acceptors (Lipinski definition) is 3. The Morgan fingerprint density at radius 3 is 2.59 bits per heavy atom. The van der Waals surface area contributed by atoms with Crippen LogP contribution in [0.3, 0.4) is 0 Å². The van der Waals surface area contributed by atoms with Gasteiger partial charge in [-0.3, -0.25) is 0 Å². The van der Waals surface area contributed by atoms with E-state index in [4.69, 9.17) is 10.5 Å². The fourth-order valence-electron chi connectivity index (χ4n) is 8.58. The molecule has 1 aromatic rings. The minimum Gasteiger partial charge on any atom is -0.393 e. The van der Waals surface area contributed by atoms with Gasteiger partial charge >= 0.3 is 0 Å². The lowest BCUT2D eigenvalue weighted by molar-refractivity contribution is -0.00656. The minimum absolute atomic E-state index is 0.0322. The highest BCUT2D eigenvalue weighted by Crippen LogP contribution is 2.63. The van der Waals surface area contributed by atoms with E-state index < -0.39 is 0 Å². The van der Waals surface area contributed by atoms with Gasteiger partial charge in [-0.2, -0.15) is 0 Å². The van der Waals surface area contributed by atoms with Crippen molar-refractivity contribution in [2.45, 2.75) is 103 Å². The van der Waals surface area contributed by atoms with Crippen LogP contribution in [0.2, 0.25) is 0 Å². The maximum Gasteiger partial charge on any atom is 0.0597 e. The number of benzene rings is 1. The van der Waals surface area contributed by atoms with Gasteiger partial charge in [-0.05, 0) is 97.5 Å². The summed E-state index contributed by atoms with van der Waals surface area (Å²) in [6.45, 7) is 9.50. The van der Waals surface area contributed by atoms with E-state index in [1.807, 2.05) is 6.08 Å². The van der Waals surface area contributed by atoms with Crippen LogP contribution in [0.15, 0.2) is 41.5 Å². The molecule has 0 aromatic heterocycles. The zero-order chi connectivity index (χ0) is 26.0. The third-order valence-corrected chi connectivity index (χ3v) is 10.6. The normalized spacial score (nSPS) is 36.8. The molecule has 0 spiro atoms. The maximum atomic E-state index is 11.2. The molecule has 6 atom stereocenters. The Balaban J connectivity index is 1.52. The largest absolute Gasteiger partial charge is 0.393 e. The van der Waals surface area contributed by atoms with Crippen molar-refractivity contribution >= 4 is 6.08 Å². The van der Waals surface area contributed by atoms with Crippen LogP contribution in [-0.4, -0.2) is 31.0 Å². The van der Waals surface area contributed by atoms with Crippen molar-refractivity contribution < 1.29 is 9.84 Å². The van der Waals surface area contributed by atoms with Crippen LogP contribution in [0.5, 0.6) is 0 Å².